The molecule has 1 aliphatic rings. The van der Waals surface area contributed by atoms with Crippen LogP contribution in [0.4, 0.5) is 0 Å². The first-order valence-electron chi connectivity index (χ1n) is 6.58. The summed E-state index contributed by atoms with van der Waals surface area (Å²) in [5.74, 6) is -0.737. The average molecular weight is 330 g/mol. The van der Waals surface area contributed by atoms with Crippen LogP contribution in [0.5, 0.6) is 0 Å². The predicted octanol–water partition coefficient (Wildman–Crippen LogP) is 2.18. The number of aliphatic carboxylic acids is 1. The first-order valence-corrected chi connectivity index (χ1v) is 7.38. The second-order valence-corrected chi connectivity index (χ2v) is 6.08. The van der Waals surface area contributed by atoms with Gasteiger partial charge in [-0.05, 0) is 48.7 Å². The van der Waals surface area contributed by atoms with E-state index in [2.05, 4.69) is 28.0 Å². The molecule has 5 nitrogen and oxygen atoms in total. The van der Waals surface area contributed by atoms with E-state index >= 15 is 0 Å². The summed E-state index contributed by atoms with van der Waals surface area (Å²) in [5, 5.41) is 13.9. The zero-order valence-electron chi connectivity index (χ0n) is 11.6. The molecule has 1 saturated heterocycles. The van der Waals surface area contributed by atoms with Crippen molar-refractivity contribution in [3.05, 3.63) is 15.9 Å². The monoisotopic (exact) mass is 329 g/mol. The van der Waals surface area contributed by atoms with Crippen LogP contribution in [-0.4, -0.2) is 37.8 Å². The minimum Gasteiger partial charge on any atom is -0.480 e. The van der Waals surface area contributed by atoms with Crippen LogP contribution < -0.4 is 0 Å². The summed E-state index contributed by atoms with van der Waals surface area (Å²) < 4.78 is 2.86. The van der Waals surface area contributed by atoms with E-state index in [0.717, 1.165) is 35.2 Å². The van der Waals surface area contributed by atoms with E-state index in [-0.39, 0.29) is 0 Å². The number of hydrogen-bond acceptors (Lipinski definition) is 3. The van der Waals surface area contributed by atoms with Crippen molar-refractivity contribution in [3.63, 3.8) is 0 Å². The Balaban J connectivity index is 2.26. The molecule has 2 rings (SSSR count). The molecule has 1 aromatic rings. The third-order valence-electron chi connectivity index (χ3n) is 4.09. The molecule has 0 amide bonds. The summed E-state index contributed by atoms with van der Waals surface area (Å²) in [4.78, 5) is 13.5. The molecule has 1 unspecified atom stereocenters. The number of aryl methyl sites for hydroxylation is 2. The van der Waals surface area contributed by atoms with E-state index < -0.39 is 11.5 Å². The van der Waals surface area contributed by atoms with E-state index in [4.69, 9.17) is 0 Å². The molecule has 2 heterocycles. The first kappa shape index (κ1) is 14.5. The van der Waals surface area contributed by atoms with Crippen LogP contribution in [0, 0.1) is 0 Å². The maximum absolute atomic E-state index is 11.5. The predicted molar refractivity (Wildman–Crippen MR) is 76.0 cm³/mol. The third kappa shape index (κ3) is 2.43. The molecule has 0 aromatic carbocycles. The number of rotatable bonds is 4. The highest BCUT2D eigenvalue weighted by Crippen LogP contribution is 2.32. The lowest BCUT2D eigenvalue weighted by molar-refractivity contribution is -0.149. The van der Waals surface area contributed by atoms with Crippen molar-refractivity contribution < 1.29 is 9.90 Å². The lowest BCUT2D eigenvalue weighted by atomic mass is 9.99. The van der Waals surface area contributed by atoms with Crippen LogP contribution in [0.1, 0.15) is 38.1 Å². The third-order valence-corrected chi connectivity index (χ3v) is 5.01. The molecule has 0 aliphatic carbocycles. The van der Waals surface area contributed by atoms with Gasteiger partial charge in [-0.2, -0.15) is 5.10 Å². The zero-order chi connectivity index (χ0) is 14.2. The standard InChI is InChI=1S/C13H20BrN3O2/c1-4-9-11(14)10(16(3)15-9)8-17-7-5-6-13(17,2)12(18)19/h4-8H2,1-3H3,(H,18,19). The van der Waals surface area contributed by atoms with E-state index in [1.165, 1.54) is 0 Å². The number of nitrogens with zero attached hydrogens (tertiary/aromatic N) is 3. The number of carboxylic acids is 1. The van der Waals surface area contributed by atoms with Crippen LogP contribution in [0.3, 0.4) is 0 Å². The summed E-state index contributed by atoms with van der Waals surface area (Å²) in [6.07, 6.45) is 2.50. The number of carboxylic acid groups (broad SMARTS) is 1. The van der Waals surface area contributed by atoms with E-state index in [9.17, 15) is 9.90 Å². The molecule has 1 fully saturated rings. The van der Waals surface area contributed by atoms with E-state index in [0.29, 0.717) is 13.0 Å². The van der Waals surface area contributed by atoms with Crippen molar-refractivity contribution in [1.82, 2.24) is 14.7 Å². The summed E-state index contributed by atoms with van der Waals surface area (Å²) in [5.41, 5.74) is 1.32. The summed E-state index contributed by atoms with van der Waals surface area (Å²) in [6, 6.07) is 0. The Kier molecular flexibility index (Phi) is 4.01. The Labute approximate surface area is 121 Å². The molecule has 6 heteroatoms. The highest BCUT2D eigenvalue weighted by atomic mass is 79.9. The number of aromatic nitrogens is 2. The van der Waals surface area contributed by atoms with Crippen molar-refractivity contribution >= 4 is 21.9 Å². The number of hydrogen-bond donors (Lipinski definition) is 1. The molecular weight excluding hydrogens is 310 g/mol. The fraction of sp³-hybridized carbons (Fsp3) is 0.692. The molecule has 106 valence electrons. The van der Waals surface area contributed by atoms with Gasteiger partial charge in [0.1, 0.15) is 5.54 Å². The second-order valence-electron chi connectivity index (χ2n) is 5.29. The SMILES string of the molecule is CCc1nn(C)c(CN2CCCC2(C)C(=O)O)c1Br. The van der Waals surface area contributed by atoms with Gasteiger partial charge in [0.25, 0.3) is 0 Å². The Hall–Kier alpha value is -0.880. The summed E-state index contributed by atoms with van der Waals surface area (Å²) in [7, 11) is 1.91. The van der Waals surface area contributed by atoms with Gasteiger partial charge >= 0.3 is 5.97 Å². The van der Waals surface area contributed by atoms with Gasteiger partial charge in [0, 0.05) is 13.6 Å². The quantitative estimate of drug-likeness (QED) is 0.919. The Morgan fingerprint density at radius 1 is 1.58 bits per heavy atom. The van der Waals surface area contributed by atoms with Gasteiger partial charge in [0.15, 0.2) is 0 Å². The average Bonchev–Trinajstić information content (AvgIpc) is 2.86. The molecule has 0 saturated carbocycles. The maximum atomic E-state index is 11.5. The van der Waals surface area contributed by atoms with Crippen LogP contribution in [0.2, 0.25) is 0 Å². The van der Waals surface area contributed by atoms with Gasteiger partial charge in [-0.25, -0.2) is 0 Å². The van der Waals surface area contributed by atoms with Gasteiger partial charge < -0.3 is 5.11 Å². The second kappa shape index (κ2) is 5.25. The normalized spacial score (nSPS) is 24.0. The largest absolute Gasteiger partial charge is 0.480 e. The van der Waals surface area contributed by atoms with Crippen LogP contribution in [0.25, 0.3) is 0 Å². The molecule has 0 radical (unpaired) electrons. The highest BCUT2D eigenvalue weighted by molar-refractivity contribution is 9.10. The van der Waals surface area contributed by atoms with Crippen LogP contribution >= 0.6 is 15.9 Å². The Morgan fingerprint density at radius 3 is 2.79 bits per heavy atom. The maximum Gasteiger partial charge on any atom is 0.323 e. The zero-order valence-corrected chi connectivity index (χ0v) is 13.2. The van der Waals surface area contributed by atoms with Gasteiger partial charge in [-0.15, -0.1) is 0 Å². The molecule has 0 bridgehead atoms. The molecular formula is C13H20BrN3O2. The Morgan fingerprint density at radius 2 is 2.26 bits per heavy atom. The van der Waals surface area contributed by atoms with Crippen LogP contribution in [0.15, 0.2) is 4.47 Å². The first-order chi connectivity index (χ1) is 8.90. The van der Waals surface area contributed by atoms with Crippen molar-refractivity contribution in [2.45, 2.75) is 45.2 Å². The van der Waals surface area contributed by atoms with Crippen molar-refractivity contribution in [1.29, 1.82) is 0 Å². The van der Waals surface area contributed by atoms with E-state index in [1.807, 2.05) is 23.6 Å². The smallest absolute Gasteiger partial charge is 0.323 e. The molecule has 1 atom stereocenters. The number of halogens is 1. The van der Waals surface area contributed by atoms with Crippen molar-refractivity contribution in [2.75, 3.05) is 6.54 Å². The molecule has 0 spiro atoms. The van der Waals surface area contributed by atoms with Crippen molar-refractivity contribution in [3.8, 4) is 0 Å². The molecule has 1 aromatic heterocycles. The van der Waals surface area contributed by atoms with Crippen LogP contribution in [-0.2, 0) is 24.8 Å². The Bertz CT molecular complexity index is 500. The fourth-order valence-corrected chi connectivity index (χ4v) is 3.43. The number of carbonyl (C=O) groups is 1. The molecule has 1 aliphatic heterocycles. The highest BCUT2D eigenvalue weighted by Gasteiger charge is 2.43. The lowest BCUT2D eigenvalue weighted by Crippen LogP contribution is -2.47. The van der Waals surface area contributed by atoms with Crippen molar-refractivity contribution in [2.24, 2.45) is 7.05 Å². The van der Waals surface area contributed by atoms with Gasteiger partial charge in [0.05, 0.1) is 15.9 Å². The van der Waals surface area contributed by atoms with Gasteiger partial charge in [0.2, 0.25) is 0 Å². The minimum atomic E-state index is -0.754. The summed E-state index contributed by atoms with van der Waals surface area (Å²) in [6.45, 7) is 5.32. The molecule has 1 N–H and O–H groups in total. The number of likely N-dealkylation sites (tertiary alicyclic amines) is 1. The lowest BCUT2D eigenvalue weighted by Gasteiger charge is -2.31. The van der Waals surface area contributed by atoms with Gasteiger partial charge in [-0.3, -0.25) is 14.4 Å². The minimum absolute atomic E-state index is 0.618. The van der Waals surface area contributed by atoms with E-state index in [1.54, 1.807) is 0 Å². The molecule has 19 heavy (non-hydrogen) atoms. The van der Waals surface area contributed by atoms with Gasteiger partial charge in [-0.1, -0.05) is 6.92 Å². The summed E-state index contributed by atoms with van der Waals surface area (Å²) >= 11 is 3.59. The fourth-order valence-electron chi connectivity index (χ4n) is 2.69. The topological polar surface area (TPSA) is 58.4 Å².